The Kier molecular flexibility index (Phi) is 3.32. The molecular formula is C8H17NO3S. The van der Waals surface area contributed by atoms with Crippen molar-refractivity contribution in [3.63, 3.8) is 0 Å². The Morgan fingerprint density at radius 1 is 1.38 bits per heavy atom. The highest BCUT2D eigenvalue weighted by atomic mass is 32.2. The van der Waals surface area contributed by atoms with Gasteiger partial charge in [-0.3, -0.25) is 0 Å². The summed E-state index contributed by atoms with van der Waals surface area (Å²) in [6.07, 6.45) is 1.21. The predicted octanol–water partition coefficient (Wildman–Crippen LogP) is -0.200. The number of nitrogens with one attached hydrogen (secondary N) is 1. The lowest BCUT2D eigenvalue weighted by Crippen LogP contribution is -2.47. The Labute approximate surface area is 79.6 Å². The summed E-state index contributed by atoms with van der Waals surface area (Å²) in [4.78, 5) is 0. The Balaban J connectivity index is 2.63. The van der Waals surface area contributed by atoms with Crippen molar-refractivity contribution < 1.29 is 13.2 Å². The van der Waals surface area contributed by atoms with Crippen molar-refractivity contribution in [3.05, 3.63) is 0 Å². The summed E-state index contributed by atoms with van der Waals surface area (Å²) >= 11 is 0. The molecule has 1 N–H and O–H groups in total. The van der Waals surface area contributed by atoms with E-state index in [1.54, 1.807) is 7.11 Å². The van der Waals surface area contributed by atoms with Gasteiger partial charge >= 0.3 is 0 Å². The summed E-state index contributed by atoms with van der Waals surface area (Å²) in [6.45, 7) is 0.721. The molecule has 13 heavy (non-hydrogen) atoms. The number of sulfone groups is 1. The fraction of sp³-hybridized carbons (Fsp3) is 1.00. The summed E-state index contributed by atoms with van der Waals surface area (Å²) < 4.78 is 27.8. The van der Waals surface area contributed by atoms with Crippen LogP contribution in [-0.2, 0) is 14.6 Å². The SMILES string of the molecule is CNCC1(OC)CCS(=O)(=O)CC1. The third-order valence-electron chi connectivity index (χ3n) is 2.67. The lowest BCUT2D eigenvalue weighted by molar-refractivity contribution is -0.0157. The highest BCUT2D eigenvalue weighted by Crippen LogP contribution is 2.26. The van der Waals surface area contributed by atoms with Crippen LogP contribution in [0.1, 0.15) is 12.8 Å². The van der Waals surface area contributed by atoms with E-state index in [1.165, 1.54) is 0 Å². The van der Waals surface area contributed by atoms with E-state index in [9.17, 15) is 8.42 Å². The van der Waals surface area contributed by atoms with Crippen molar-refractivity contribution in [1.29, 1.82) is 0 Å². The summed E-state index contributed by atoms with van der Waals surface area (Å²) in [6, 6.07) is 0. The standard InChI is InChI=1S/C8H17NO3S/c1-9-7-8(12-2)3-5-13(10,11)6-4-8/h9H,3-7H2,1-2H3. The van der Waals surface area contributed by atoms with Gasteiger partial charge < -0.3 is 10.1 Å². The molecular weight excluding hydrogens is 190 g/mol. The maximum absolute atomic E-state index is 11.2. The van der Waals surface area contributed by atoms with Crippen LogP contribution < -0.4 is 5.32 Å². The van der Waals surface area contributed by atoms with Crippen molar-refractivity contribution >= 4 is 9.84 Å². The molecule has 1 aliphatic rings. The van der Waals surface area contributed by atoms with Crippen LogP contribution in [0.4, 0.5) is 0 Å². The van der Waals surface area contributed by atoms with E-state index in [-0.39, 0.29) is 17.1 Å². The number of hydrogen-bond donors (Lipinski definition) is 1. The number of hydrogen-bond acceptors (Lipinski definition) is 4. The van der Waals surface area contributed by atoms with E-state index in [1.807, 2.05) is 7.05 Å². The zero-order chi connectivity index (χ0) is 9.95. The lowest BCUT2D eigenvalue weighted by Gasteiger charge is -2.35. The molecule has 0 aromatic carbocycles. The topological polar surface area (TPSA) is 55.4 Å². The van der Waals surface area contributed by atoms with Crippen LogP contribution in [0.25, 0.3) is 0 Å². The molecule has 0 radical (unpaired) electrons. The second kappa shape index (κ2) is 3.94. The maximum atomic E-state index is 11.2. The molecule has 1 heterocycles. The fourth-order valence-electron chi connectivity index (χ4n) is 1.69. The van der Waals surface area contributed by atoms with Gasteiger partial charge in [-0.2, -0.15) is 0 Å². The summed E-state index contributed by atoms with van der Waals surface area (Å²) in [5.74, 6) is 0.505. The van der Waals surface area contributed by atoms with Crippen molar-refractivity contribution in [1.82, 2.24) is 5.32 Å². The highest BCUT2D eigenvalue weighted by molar-refractivity contribution is 7.91. The fourth-order valence-corrected chi connectivity index (χ4v) is 3.26. The van der Waals surface area contributed by atoms with Gasteiger partial charge in [-0.05, 0) is 19.9 Å². The van der Waals surface area contributed by atoms with Gasteiger partial charge in [-0.25, -0.2) is 8.42 Å². The highest BCUT2D eigenvalue weighted by Gasteiger charge is 2.36. The van der Waals surface area contributed by atoms with E-state index in [0.717, 1.165) is 6.54 Å². The molecule has 1 fully saturated rings. The third-order valence-corrected chi connectivity index (χ3v) is 4.32. The minimum absolute atomic E-state index is 0.252. The predicted molar refractivity (Wildman–Crippen MR) is 51.6 cm³/mol. The van der Waals surface area contributed by atoms with Crippen LogP contribution in [0.15, 0.2) is 0 Å². The lowest BCUT2D eigenvalue weighted by atomic mass is 9.96. The number of likely N-dealkylation sites (N-methyl/N-ethyl adjacent to an activating group) is 1. The van der Waals surface area contributed by atoms with Crippen LogP contribution in [0.3, 0.4) is 0 Å². The van der Waals surface area contributed by atoms with Gasteiger partial charge in [0.15, 0.2) is 9.84 Å². The summed E-state index contributed by atoms with van der Waals surface area (Å²) in [5.41, 5.74) is -0.264. The van der Waals surface area contributed by atoms with Crippen molar-refractivity contribution in [2.24, 2.45) is 0 Å². The molecule has 1 aliphatic heterocycles. The van der Waals surface area contributed by atoms with Gasteiger partial charge in [0.2, 0.25) is 0 Å². The van der Waals surface area contributed by atoms with E-state index in [2.05, 4.69) is 5.32 Å². The minimum atomic E-state index is -2.79. The minimum Gasteiger partial charge on any atom is -0.377 e. The number of methoxy groups -OCH3 is 1. The van der Waals surface area contributed by atoms with Crippen molar-refractivity contribution in [2.45, 2.75) is 18.4 Å². The summed E-state index contributed by atoms with van der Waals surface area (Å²) in [7, 11) is 0.709. The van der Waals surface area contributed by atoms with Crippen molar-refractivity contribution in [2.75, 3.05) is 32.2 Å². The van der Waals surface area contributed by atoms with E-state index in [4.69, 9.17) is 4.74 Å². The number of ether oxygens (including phenoxy) is 1. The molecule has 0 atom stereocenters. The van der Waals surface area contributed by atoms with Crippen LogP contribution in [0.5, 0.6) is 0 Å². The largest absolute Gasteiger partial charge is 0.377 e. The molecule has 0 bridgehead atoms. The Hall–Kier alpha value is -0.130. The van der Waals surface area contributed by atoms with Gasteiger partial charge in [0.1, 0.15) is 0 Å². The Morgan fingerprint density at radius 2 is 1.92 bits per heavy atom. The Bertz CT molecular complexity index is 247. The third kappa shape index (κ3) is 2.65. The second-order valence-corrected chi connectivity index (χ2v) is 5.87. The van der Waals surface area contributed by atoms with Crippen molar-refractivity contribution in [3.8, 4) is 0 Å². The first-order valence-corrected chi connectivity index (χ1v) is 6.26. The van der Waals surface area contributed by atoms with Crippen LogP contribution >= 0.6 is 0 Å². The smallest absolute Gasteiger partial charge is 0.150 e. The number of rotatable bonds is 3. The molecule has 78 valence electrons. The molecule has 0 unspecified atom stereocenters. The van der Waals surface area contributed by atoms with Gasteiger partial charge in [-0.15, -0.1) is 0 Å². The van der Waals surface area contributed by atoms with Gasteiger partial charge in [0.25, 0.3) is 0 Å². The molecule has 5 heteroatoms. The summed E-state index contributed by atoms with van der Waals surface area (Å²) in [5, 5.41) is 3.04. The molecule has 1 rings (SSSR count). The van der Waals surface area contributed by atoms with Crippen LogP contribution in [-0.4, -0.2) is 46.2 Å². The van der Waals surface area contributed by atoms with E-state index >= 15 is 0 Å². The molecule has 4 nitrogen and oxygen atoms in total. The monoisotopic (exact) mass is 207 g/mol. The van der Waals surface area contributed by atoms with E-state index < -0.39 is 9.84 Å². The van der Waals surface area contributed by atoms with Crippen LogP contribution in [0.2, 0.25) is 0 Å². The average molecular weight is 207 g/mol. The quantitative estimate of drug-likeness (QED) is 0.696. The van der Waals surface area contributed by atoms with Crippen LogP contribution in [0, 0.1) is 0 Å². The van der Waals surface area contributed by atoms with E-state index in [0.29, 0.717) is 12.8 Å². The molecule has 0 spiro atoms. The molecule has 0 aromatic heterocycles. The molecule has 1 saturated heterocycles. The normalized spacial score (nSPS) is 25.7. The molecule has 0 aromatic rings. The maximum Gasteiger partial charge on any atom is 0.150 e. The van der Waals surface area contributed by atoms with Gasteiger partial charge in [0, 0.05) is 13.7 Å². The van der Waals surface area contributed by atoms with Gasteiger partial charge in [-0.1, -0.05) is 0 Å². The molecule has 0 aliphatic carbocycles. The first-order chi connectivity index (χ1) is 6.04. The average Bonchev–Trinajstić information content (AvgIpc) is 2.10. The zero-order valence-corrected chi connectivity index (χ0v) is 8.99. The second-order valence-electron chi connectivity index (χ2n) is 3.57. The molecule has 0 amide bonds. The Morgan fingerprint density at radius 3 is 2.31 bits per heavy atom. The zero-order valence-electron chi connectivity index (χ0n) is 8.17. The first-order valence-electron chi connectivity index (χ1n) is 4.44. The first kappa shape index (κ1) is 10.9. The molecule has 0 saturated carbocycles. The van der Waals surface area contributed by atoms with Gasteiger partial charge in [0.05, 0.1) is 17.1 Å².